The minimum atomic E-state index is -0.0770. The maximum Gasteiger partial charge on any atom is 0.141 e. The Labute approximate surface area is 100 Å². The topological polar surface area (TPSA) is 90.5 Å². The Kier molecular flexibility index (Phi) is 5.98. The highest BCUT2D eigenvalue weighted by atomic mass is 16.5. The van der Waals surface area contributed by atoms with E-state index in [0.717, 1.165) is 0 Å². The van der Waals surface area contributed by atoms with Gasteiger partial charge < -0.3 is 19.9 Å². The molecule has 0 bridgehead atoms. The van der Waals surface area contributed by atoms with E-state index in [0.29, 0.717) is 37.9 Å². The zero-order valence-corrected chi connectivity index (χ0v) is 9.81. The van der Waals surface area contributed by atoms with Gasteiger partial charge in [-0.2, -0.15) is 0 Å². The number of hydrogen-bond donors (Lipinski definition) is 2. The highest BCUT2D eigenvalue weighted by molar-refractivity contribution is 5.93. The lowest BCUT2D eigenvalue weighted by Crippen LogP contribution is -2.14. The first-order valence-corrected chi connectivity index (χ1v) is 5.24. The summed E-state index contributed by atoms with van der Waals surface area (Å²) >= 11 is 0. The van der Waals surface area contributed by atoms with Gasteiger partial charge in [0.1, 0.15) is 23.9 Å². The number of ether oxygens (including phenoxy) is 3. The van der Waals surface area contributed by atoms with E-state index in [2.05, 4.69) is 4.98 Å². The molecule has 6 nitrogen and oxygen atoms in total. The van der Waals surface area contributed by atoms with Gasteiger partial charge in [-0.25, -0.2) is 0 Å². The van der Waals surface area contributed by atoms with Gasteiger partial charge in [-0.1, -0.05) is 0 Å². The lowest BCUT2D eigenvalue weighted by molar-refractivity contribution is 0.0544. The van der Waals surface area contributed by atoms with Crippen LogP contribution >= 0.6 is 0 Å². The molecule has 1 aromatic rings. The van der Waals surface area contributed by atoms with Crippen LogP contribution in [0.2, 0.25) is 0 Å². The van der Waals surface area contributed by atoms with Crippen molar-refractivity contribution in [1.82, 2.24) is 4.98 Å². The predicted octanol–water partition coefficient (Wildman–Crippen LogP) is 0.407. The summed E-state index contributed by atoms with van der Waals surface area (Å²) in [5.74, 6) is 0.548. The Morgan fingerprint density at radius 3 is 2.82 bits per heavy atom. The summed E-state index contributed by atoms with van der Waals surface area (Å²) in [6, 6.07) is 3.33. The van der Waals surface area contributed by atoms with Crippen LogP contribution in [0.4, 0.5) is 0 Å². The standard InChI is InChI=1S/C11H17N3O3/c1-15-4-5-16-6-7-17-9-2-3-14-10(8-9)11(12)13/h2-3,8H,4-7H2,1H3,(H3,12,13). The summed E-state index contributed by atoms with van der Waals surface area (Å²) in [6.07, 6.45) is 1.55. The van der Waals surface area contributed by atoms with Crippen molar-refractivity contribution in [3.63, 3.8) is 0 Å². The van der Waals surface area contributed by atoms with Crippen LogP contribution in [0.25, 0.3) is 0 Å². The van der Waals surface area contributed by atoms with E-state index in [1.165, 1.54) is 0 Å². The summed E-state index contributed by atoms with van der Waals surface area (Å²) in [7, 11) is 1.63. The molecule has 0 radical (unpaired) electrons. The Hall–Kier alpha value is -1.66. The smallest absolute Gasteiger partial charge is 0.141 e. The van der Waals surface area contributed by atoms with E-state index in [-0.39, 0.29) is 5.84 Å². The van der Waals surface area contributed by atoms with Crippen molar-refractivity contribution in [2.24, 2.45) is 5.73 Å². The number of rotatable bonds is 8. The fourth-order valence-corrected chi connectivity index (χ4v) is 1.11. The predicted molar refractivity (Wildman–Crippen MR) is 63.4 cm³/mol. The number of methoxy groups -OCH3 is 1. The molecule has 94 valence electrons. The van der Waals surface area contributed by atoms with Crippen LogP contribution in [-0.2, 0) is 9.47 Å². The van der Waals surface area contributed by atoms with Gasteiger partial charge in [0.15, 0.2) is 0 Å². The third-order valence-electron chi connectivity index (χ3n) is 1.94. The SMILES string of the molecule is COCCOCCOc1ccnc(C(=N)N)c1. The molecule has 0 amide bonds. The number of nitrogens with one attached hydrogen (secondary N) is 1. The maximum absolute atomic E-state index is 7.24. The van der Waals surface area contributed by atoms with E-state index >= 15 is 0 Å². The normalized spacial score (nSPS) is 10.2. The molecule has 0 fully saturated rings. The van der Waals surface area contributed by atoms with Crippen molar-refractivity contribution < 1.29 is 14.2 Å². The molecule has 6 heteroatoms. The molecule has 1 aromatic heterocycles. The molecule has 17 heavy (non-hydrogen) atoms. The van der Waals surface area contributed by atoms with Crippen LogP contribution in [0.5, 0.6) is 5.75 Å². The molecule has 0 aliphatic heterocycles. The van der Waals surface area contributed by atoms with Crippen molar-refractivity contribution in [1.29, 1.82) is 5.41 Å². The summed E-state index contributed by atoms with van der Waals surface area (Å²) in [4.78, 5) is 3.93. The van der Waals surface area contributed by atoms with Gasteiger partial charge in [-0.3, -0.25) is 10.4 Å². The quantitative estimate of drug-likeness (QED) is 0.389. The first-order valence-electron chi connectivity index (χ1n) is 5.24. The summed E-state index contributed by atoms with van der Waals surface area (Å²) in [6.45, 7) is 2.05. The van der Waals surface area contributed by atoms with Crippen LogP contribution < -0.4 is 10.5 Å². The summed E-state index contributed by atoms with van der Waals surface area (Å²) < 4.78 is 15.5. The number of amidine groups is 1. The van der Waals surface area contributed by atoms with Gasteiger partial charge >= 0.3 is 0 Å². The molecule has 0 spiro atoms. The minimum absolute atomic E-state index is 0.0770. The summed E-state index contributed by atoms with van der Waals surface area (Å²) in [5, 5.41) is 7.24. The second kappa shape index (κ2) is 7.59. The zero-order valence-electron chi connectivity index (χ0n) is 9.81. The largest absolute Gasteiger partial charge is 0.491 e. The molecule has 1 rings (SSSR count). The van der Waals surface area contributed by atoms with E-state index in [1.54, 1.807) is 25.4 Å². The van der Waals surface area contributed by atoms with Crippen LogP contribution in [0.3, 0.4) is 0 Å². The van der Waals surface area contributed by atoms with Gasteiger partial charge in [-0.05, 0) is 6.07 Å². The van der Waals surface area contributed by atoms with Crippen molar-refractivity contribution in [2.45, 2.75) is 0 Å². The van der Waals surface area contributed by atoms with Gasteiger partial charge in [0, 0.05) is 19.4 Å². The molecule has 0 aromatic carbocycles. The molecule has 0 aliphatic carbocycles. The molecule has 0 aliphatic rings. The third-order valence-corrected chi connectivity index (χ3v) is 1.94. The number of nitrogen functional groups attached to an aromatic ring is 1. The second-order valence-electron chi connectivity index (χ2n) is 3.24. The van der Waals surface area contributed by atoms with Gasteiger partial charge in [0.25, 0.3) is 0 Å². The number of aromatic nitrogens is 1. The lowest BCUT2D eigenvalue weighted by Gasteiger charge is -2.07. The molecule has 0 saturated carbocycles. The third kappa shape index (κ3) is 5.28. The maximum atomic E-state index is 7.24. The molecule has 0 unspecified atom stereocenters. The zero-order chi connectivity index (χ0) is 12.5. The fraction of sp³-hybridized carbons (Fsp3) is 0.455. The first kappa shape index (κ1) is 13.4. The van der Waals surface area contributed by atoms with E-state index < -0.39 is 0 Å². The van der Waals surface area contributed by atoms with Crippen LogP contribution in [0.15, 0.2) is 18.3 Å². The second-order valence-corrected chi connectivity index (χ2v) is 3.24. The van der Waals surface area contributed by atoms with Crippen molar-refractivity contribution in [2.75, 3.05) is 33.5 Å². The highest BCUT2D eigenvalue weighted by Gasteiger charge is 2.00. The fourth-order valence-electron chi connectivity index (χ4n) is 1.11. The summed E-state index contributed by atoms with van der Waals surface area (Å²) in [5.41, 5.74) is 5.72. The molecular weight excluding hydrogens is 222 g/mol. The minimum Gasteiger partial charge on any atom is -0.491 e. The van der Waals surface area contributed by atoms with Crippen LogP contribution in [0.1, 0.15) is 5.69 Å². The first-order chi connectivity index (χ1) is 8.24. The Balaban J connectivity index is 2.27. The molecule has 1 heterocycles. The van der Waals surface area contributed by atoms with Crippen molar-refractivity contribution in [3.8, 4) is 5.75 Å². The Bertz CT molecular complexity index is 358. The Morgan fingerprint density at radius 1 is 1.35 bits per heavy atom. The monoisotopic (exact) mass is 239 g/mol. The highest BCUT2D eigenvalue weighted by Crippen LogP contribution is 2.10. The van der Waals surface area contributed by atoms with E-state index in [1.807, 2.05) is 0 Å². The average molecular weight is 239 g/mol. The number of nitrogens with two attached hydrogens (primary N) is 1. The number of hydrogen-bond acceptors (Lipinski definition) is 5. The van der Waals surface area contributed by atoms with Crippen LogP contribution in [-0.4, -0.2) is 44.4 Å². The van der Waals surface area contributed by atoms with Gasteiger partial charge in [-0.15, -0.1) is 0 Å². The number of nitrogens with zero attached hydrogens (tertiary/aromatic N) is 1. The van der Waals surface area contributed by atoms with Gasteiger partial charge in [0.05, 0.1) is 19.8 Å². The molecule has 0 atom stereocenters. The van der Waals surface area contributed by atoms with Gasteiger partial charge in [0.2, 0.25) is 0 Å². The van der Waals surface area contributed by atoms with Crippen LogP contribution in [0, 0.1) is 5.41 Å². The lowest BCUT2D eigenvalue weighted by atomic mass is 10.3. The van der Waals surface area contributed by atoms with Crippen molar-refractivity contribution >= 4 is 5.84 Å². The molecule has 3 N–H and O–H groups in total. The molecular formula is C11H17N3O3. The Morgan fingerprint density at radius 2 is 2.12 bits per heavy atom. The van der Waals surface area contributed by atoms with Crippen molar-refractivity contribution in [3.05, 3.63) is 24.0 Å². The van der Waals surface area contributed by atoms with E-state index in [4.69, 9.17) is 25.4 Å². The number of pyridine rings is 1. The van der Waals surface area contributed by atoms with E-state index in [9.17, 15) is 0 Å². The molecule has 0 saturated heterocycles. The average Bonchev–Trinajstić information content (AvgIpc) is 2.34.